The van der Waals surface area contributed by atoms with Crippen molar-refractivity contribution in [2.45, 2.75) is 24.8 Å². The third-order valence-corrected chi connectivity index (χ3v) is 5.23. The van der Waals surface area contributed by atoms with Crippen LogP contribution in [0, 0.1) is 13.8 Å². The summed E-state index contributed by atoms with van der Waals surface area (Å²) >= 11 is 1.45. The van der Waals surface area contributed by atoms with Crippen molar-refractivity contribution in [2.75, 3.05) is 7.11 Å². The first-order valence-electron chi connectivity index (χ1n) is 8.60. The van der Waals surface area contributed by atoms with Gasteiger partial charge in [-0.05, 0) is 71.8 Å². The Morgan fingerprint density at radius 2 is 1.89 bits per heavy atom. The zero-order chi connectivity index (χ0) is 19.5. The average Bonchev–Trinajstić information content (AvgIpc) is 3.38. The van der Waals surface area contributed by atoms with E-state index in [-0.39, 0.29) is 0 Å². The van der Waals surface area contributed by atoms with Gasteiger partial charge in [0.15, 0.2) is 5.82 Å². The van der Waals surface area contributed by atoms with E-state index in [2.05, 4.69) is 51.6 Å². The van der Waals surface area contributed by atoms with Crippen molar-refractivity contribution in [3.8, 4) is 22.9 Å². The highest BCUT2D eigenvalue weighted by molar-refractivity contribution is 7.98. The molecule has 0 aliphatic carbocycles. The molecule has 4 rings (SSSR count). The molecule has 0 spiro atoms. The molecule has 0 amide bonds. The highest BCUT2D eigenvalue weighted by atomic mass is 32.2. The molecule has 0 aliphatic heterocycles. The molecule has 2 aromatic heterocycles. The van der Waals surface area contributed by atoms with Crippen molar-refractivity contribution in [1.29, 1.82) is 0 Å². The molecule has 0 N–H and O–H groups in total. The number of nitrogens with zero attached hydrogens (tertiary/aromatic N) is 6. The minimum Gasteiger partial charge on any atom is -0.497 e. The quantitative estimate of drug-likeness (QED) is 0.458. The van der Waals surface area contributed by atoms with Crippen molar-refractivity contribution in [2.24, 2.45) is 0 Å². The van der Waals surface area contributed by atoms with E-state index < -0.39 is 0 Å². The lowest BCUT2D eigenvalue weighted by Gasteiger charge is -2.06. The summed E-state index contributed by atoms with van der Waals surface area (Å²) in [5, 5.41) is 16.7. The first-order chi connectivity index (χ1) is 13.6. The fourth-order valence-electron chi connectivity index (χ4n) is 2.58. The van der Waals surface area contributed by atoms with Crippen LogP contribution in [-0.4, -0.2) is 37.5 Å². The Morgan fingerprint density at radius 1 is 1.07 bits per heavy atom. The number of ether oxygens (including phenoxy) is 1. The van der Waals surface area contributed by atoms with Crippen LogP contribution in [0.4, 0.5) is 0 Å². The summed E-state index contributed by atoms with van der Waals surface area (Å²) in [6, 6.07) is 13.6. The third kappa shape index (κ3) is 3.74. The van der Waals surface area contributed by atoms with E-state index in [0.717, 1.165) is 17.0 Å². The summed E-state index contributed by atoms with van der Waals surface area (Å²) in [6.07, 6.45) is 0. The van der Waals surface area contributed by atoms with Gasteiger partial charge in [0.05, 0.1) is 18.6 Å². The molecule has 142 valence electrons. The Morgan fingerprint density at radius 3 is 2.64 bits per heavy atom. The van der Waals surface area contributed by atoms with Crippen molar-refractivity contribution < 1.29 is 9.26 Å². The maximum atomic E-state index is 5.36. The van der Waals surface area contributed by atoms with Gasteiger partial charge in [-0.1, -0.05) is 23.0 Å². The van der Waals surface area contributed by atoms with Crippen LogP contribution in [-0.2, 0) is 5.75 Å². The van der Waals surface area contributed by atoms with E-state index in [1.165, 1.54) is 22.9 Å². The number of benzene rings is 2. The maximum absolute atomic E-state index is 5.36. The second-order valence-corrected chi connectivity index (χ2v) is 7.12. The molecule has 28 heavy (non-hydrogen) atoms. The van der Waals surface area contributed by atoms with Crippen LogP contribution < -0.4 is 4.74 Å². The Kier molecular flexibility index (Phi) is 5.07. The second-order valence-electron chi connectivity index (χ2n) is 6.17. The van der Waals surface area contributed by atoms with Gasteiger partial charge in [0.25, 0.3) is 5.89 Å². The minimum atomic E-state index is 0.465. The van der Waals surface area contributed by atoms with E-state index in [0.29, 0.717) is 22.6 Å². The molecule has 0 aliphatic rings. The molecule has 0 saturated heterocycles. The first-order valence-corrected chi connectivity index (χ1v) is 9.58. The summed E-state index contributed by atoms with van der Waals surface area (Å²) in [5.41, 5.74) is 4.17. The van der Waals surface area contributed by atoms with E-state index in [1.54, 1.807) is 11.8 Å². The Labute approximate surface area is 165 Å². The topological polar surface area (TPSA) is 91.8 Å². The van der Waals surface area contributed by atoms with Crippen molar-refractivity contribution >= 4 is 11.8 Å². The lowest BCUT2D eigenvalue weighted by atomic mass is 10.1. The third-order valence-electron chi connectivity index (χ3n) is 4.31. The number of tetrazole rings is 1. The molecule has 0 bridgehead atoms. The molecular weight excluding hydrogens is 376 g/mol. The molecule has 0 unspecified atom stereocenters. The summed E-state index contributed by atoms with van der Waals surface area (Å²) in [4.78, 5) is 4.45. The first kappa shape index (κ1) is 18.2. The van der Waals surface area contributed by atoms with Crippen molar-refractivity contribution in [3.05, 3.63) is 59.4 Å². The van der Waals surface area contributed by atoms with Crippen LogP contribution in [0.3, 0.4) is 0 Å². The summed E-state index contributed by atoms with van der Waals surface area (Å²) < 4.78 is 12.2. The van der Waals surface area contributed by atoms with Gasteiger partial charge in [0, 0.05) is 5.56 Å². The van der Waals surface area contributed by atoms with Gasteiger partial charge in [-0.2, -0.15) is 9.67 Å². The number of methoxy groups -OCH3 is 1. The molecule has 0 radical (unpaired) electrons. The lowest BCUT2D eigenvalue weighted by Crippen LogP contribution is -2.00. The fourth-order valence-corrected chi connectivity index (χ4v) is 3.31. The molecule has 0 fully saturated rings. The van der Waals surface area contributed by atoms with Crippen LogP contribution >= 0.6 is 11.8 Å². The second kappa shape index (κ2) is 7.81. The minimum absolute atomic E-state index is 0.465. The monoisotopic (exact) mass is 394 g/mol. The van der Waals surface area contributed by atoms with Crippen LogP contribution in [0.15, 0.2) is 52.1 Å². The molecule has 2 aromatic carbocycles. The summed E-state index contributed by atoms with van der Waals surface area (Å²) in [6.45, 7) is 4.14. The van der Waals surface area contributed by atoms with E-state index >= 15 is 0 Å². The fraction of sp³-hybridized carbons (Fsp3) is 0.211. The average molecular weight is 394 g/mol. The molecule has 8 nitrogen and oxygen atoms in total. The normalized spacial score (nSPS) is 11.0. The Balaban J connectivity index is 1.48. The predicted molar refractivity (Wildman–Crippen MR) is 104 cm³/mol. The van der Waals surface area contributed by atoms with Crippen molar-refractivity contribution in [1.82, 2.24) is 30.3 Å². The van der Waals surface area contributed by atoms with Gasteiger partial charge < -0.3 is 9.26 Å². The van der Waals surface area contributed by atoms with Gasteiger partial charge in [-0.25, -0.2) is 0 Å². The van der Waals surface area contributed by atoms with E-state index in [9.17, 15) is 0 Å². The number of aryl methyl sites for hydroxylation is 2. The zero-order valence-corrected chi connectivity index (χ0v) is 16.5. The largest absolute Gasteiger partial charge is 0.497 e. The number of hydrogen-bond donors (Lipinski definition) is 0. The number of hydrogen-bond acceptors (Lipinski definition) is 8. The highest BCUT2D eigenvalue weighted by Crippen LogP contribution is 2.25. The molecule has 0 saturated carbocycles. The molecule has 2 heterocycles. The number of thioether (sulfide) groups is 1. The van der Waals surface area contributed by atoms with Crippen LogP contribution in [0.2, 0.25) is 0 Å². The maximum Gasteiger partial charge on any atom is 0.257 e. The van der Waals surface area contributed by atoms with Crippen LogP contribution in [0.1, 0.15) is 17.0 Å². The van der Waals surface area contributed by atoms with Gasteiger partial charge >= 0.3 is 0 Å². The Bertz CT molecular complexity index is 1090. The van der Waals surface area contributed by atoms with E-state index in [4.69, 9.17) is 9.26 Å². The van der Waals surface area contributed by atoms with Gasteiger partial charge in [-0.3, -0.25) is 0 Å². The number of rotatable bonds is 6. The molecule has 4 aromatic rings. The van der Waals surface area contributed by atoms with Crippen LogP contribution in [0.25, 0.3) is 17.1 Å². The Hall–Kier alpha value is -3.20. The van der Waals surface area contributed by atoms with Crippen LogP contribution in [0.5, 0.6) is 5.75 Å². The van der Waals surface area contributed by atoms with Gasteiger partial charge in [0.2, 0.25) is 5.16 Å². The smallest absolute Gasteiger partial charge is 0.257 e. The molecule has 9 heteroatoms. The van der Waals surface area contributed by atoms with Gasteiger partial charge in [-0.15, -0.1) is 5.10 Å². The summed E-state index contributed by atoms with van der Waals surface area (Å²) in [7, 11) is 1.63. The SMILES string of the molecule is COc1ccc(-c2nc(CSc3nnnn3-c3ccc(C)c(C)c3)no2)cc1. The standard InChI is InChI=1S/C19H18N6O2S/c1-12-4-7-15(10-13(12)2)25-19(21-23-24-25)28-11-17-20-18(27-22-17)14-5-8-16(26-3)9-6-14/h4-10H,11H2,1-3H3. The zero-order valence-electron chi connectivity index (χ0n) is 15.7. The van der Waals surface area contributed by atoms with Crippen molar-refractivity contribution in [3.63, 3.8) is 0 Å². The summed E-state index contributed by atoms with van der Waals surface area (Å²) in [5.74, 6) is 2.31. The molecular formula is C19H18N6O2S. The van der Waals surface area contributed by atoms with Gasteiger partial charge in [0.1, 0.15) is 5.75 Å². The highest BCUT2D eigenvalue weighted by Gasteiger charge is 2.14. The predicted octanol–water partition coefficient (Wildman–Crippen LogP) is 3.63. The lowest BCUT2D eigenvalue weighted by molar-refractivity contribution is 0.414. The molecule has 0 atom stereocenters. The van der Waals surface area contributed by atoms with E-state index in [1.807, 2.05) is 30.3 Å². The number of aromatic nitrogens is 6.